The van der Waals surface area contributed by atoms with Crippen molar-refractivity contribution in [3.05, 3.63) is 23.3 Å². The minimum atomic E-state index is -3.38. The van der Waals surface area contributed by atoms with Crippen molar-refractivity contribution < 1.29 is 18.7 Å². The van der Waals surface area contributed by atoms with Crippen LogP contribution in [0, 0.1) is 13.8 Å². The molecule has 0 saturated carbocycles. The molecule has 0 radical (unpaired) electrons. The summed E-state index contributed by atoms with van der Waals surface area (Å²) >= 11 is 0. The number of aromatic nitrogens is 4. The van der Waals surface area contributed by atoms with Gasteiger partial charge in [0.25, 0.3) is 17.6 Å². The number of halogens is 2. The minimum absolute atomic E-state index is 0.224. The molecule has 0 aliphatic rings. The van der Waals surface area contributed by atoms with Crippen molar-refractivity contribution in [2.75, 3.05) is 13.2 Å². The van der Waals surface area contributed by atoms with Gasteiger partial charge < -0.3 is 10.4 Å². The zero-order chi connectivity index (χ0) is 14.9. The summed E-state index contributed by atoms with van der Waals surface area (Å²) < 4.78 is 27.0. The molecule has 20 heavy (non-hydrogen) atoms. The number of carbonyl (C=O) groups excluding carboxylic acids is 1. The van der Waals surface area contributed by atoms with E-state index in [0.29, 0.717) is 5.69 Å². The van der Waals surface area contributed by atoms with Crippen molar-refractivity contribution in [1.82, 2.24) is 24.9 Å². The molecule has 108 valence electrons. The molecular weight excluding hydrogens is 272 g/mol. The predicted molar refractivity (Wildman–Crippen MR) is 64.6 cm³/mol. The van der Waals surface area contributed by atoms with Crippen molar-refractivity contribution in [1.29, 1.82) is 0 Å². The van der Waals surface area contributed by atoms with E-state index in [4.69, 9.17) is 5.11 Å². The normalized spacial score (nSPS) is 11.8. The summed E-state index contributed by atoms with van der Waals surface area (Å²) in [6.45, 7) is 1.20. The van der Waals surface area contributed by atoms with E-state index in [-0.39, 0.29) is 11.6 Å². The number of fused-ring (bicyclic) bond motifs is 1. The summed E-state index contributed by atoms with van der Waals surface area (Å²) in [6, 6.07) is 1.75. The van der Waals surface area contributed by atoms with Crippen LogP contribution in [0.3, 0.4) is 0 Å². The first-order valence-electron chi connectivity index (χ1n) is 5.80. The number of aliphatic hydroxyl groups is 1. The molecule has 1 amide bonds. The standard InChI is InChI=1S/C11H13F2N5O2/c1-6-3-7(2)18-10(15-6)16-8(17-18)9(20)14-4-11(12,13)5-19/h3,19H,4-5H2,1-2H3,(H,14,20). The fourth-order valence-corrected chi connectivity index (χ4v) is 1.61. The molecule has 2 N–H and O–H groups in total. The zero-order valence-corrected chi connectivity index (χ0v) is 10.9. The number of hydrogen-bond donors (Lipinski definition) is 2. The molecule has 2 aromatic rings. The van der Waals surface area contributed by atoms with E-state index in [0.717, 1.165) is 5.69 Å². The highest BCUT2D eigenvalue weighted by atomic mass is 19.3. The molecule has 2 aromatic heterocycles. The van der Waals surface area contributed by atoms with Crippen LogP contribution >= 0.6 is 0 Å². The van der Waals surface area contributed by atoms with Gasteiger partial charge in [0, 0.05) is 11.4 Å². The highest BCUT2D eigenvalue weighted by molar-refractivity contribution is 5.90. The van der Waals surface area contributed by atoms with E-state index >= 15 is 0 Å². The lowest BCUT2D eigenvalue weighted by Gasteiger charge is -2.12. The number of hydrogen-bond acceptors (Lipinski definition) is 5. The number of amides is 1. The summed E-state index contributed by atoms with van der Waals surface area (Å²) in [4.78, 5) is 19.6. The Bertz CT molecular complexity index is 656. The number of rotatable bonds is 4. The van der Waals surface area contributed by atoms with Crippen LogP contribution < -0.4 is 5.32 Å². The van der Waals surface area contributed by atoms with Gasteiger partial charge in [0.2, 0.25) is 5.82 Å². The molecule has 2 rings (SSSR count). The third-order valence-corrected chi connectivity index (χ3v) is 2.56. The fraction of sp³-hybridized carbons (Fsp3) is 0.455. The van der Waals surface area contributed by atoms with Crippen molar-refractivity contribution in [3.63, 3.8) is 0 Å². The zero-order valence-electron chi connectivity index (χ0n) is 10.9. The first kappa shape index (κ1) is 14.3. The molecule has 0 bridgehead atoms. The molecular formula is C11H13F2N5O2. The molecule has 0 saturated heterocycles. The Balaban J connectivity index is 2.21. The van der Waals surface area contributed by atoms with Gasteiger partial charge in [0.05, 0.1) is 6.54 Å². The quantitative estimate of drug-likeness (QED) is 0.831. The largest absolute Gasteiger partial charge is 0.390 e. The third kappa shape index (κ3) is 2.87. The summed E-state index contributed by atoms with van der Waals surface area (Å²) in [5.41, 5.74) is 1.43. The second kappa shape index (κ2) is 5.08. The summed E-state index contributed by atoms with van der Waals surface area (Å²) in [7, 11) is 0. The Morgan fingerprint density at radius 3 is 2.80 bits per heavy atom. The first-order valence-corrected chi connectivity index (χ1v) is 5.80. The minimum Gasteiger partial charge on any atom is -0.390 e. The van der Waals surface area contributed by atoms with Crippen LogP contribution in [0.25, 0.3) is 5.78 Å². The number of nitrogens with one attached hydrogen (secondary N) is 1. The Labute approximate surface area is 112 Å². The Kier molecular flexibility index (Phi) is 3.62. The Morgan fingerprint density at radius 1 is 1.45 bits per heavy atom. The van der Waals surface area contributed by atoms with E-state index in [2.05, 4.69) is 15.1 Å². The van der Waals surface area contributed by atoms with E-state index < -0.39 is 25.0 Å². The molecule has 0 aliphatic heterocycles. The van der Waals surface area contributed by atoms with E-state index in [1.807, 2.05) is 5.32 Å². The fourth-order valence-electron chi connectivity index (χ4n) is 1.61. The second-order valence-electron chi connectivity index (χ2n) is 4.38. The summed E-state index contributed by atoms with van der Waals surface area (Å²) in [6.07, 6.45) is 0. The molecule has 0 spiro atoms. The molecule has 7 nitrogen and oxygen atoms in total. The van der Waals surface area contributed by atoms with Gasteiger partial charge >= 0.3 is 0 Å². The third-order valence-electron chi connectivity index (χ3n) is 2.56. The number of alkyl halides is 2. The number of aliphatic hydroxyl groups excluding tert-OH is 1. The summed E-state index contributed by atoms with van der Waals surface area (Å²) in [5.74, 6) is -4.25. The first-order chi connectivity index (χ1) is 9.32. The maximum Gasteiger partial charge on any atom is 0.291 e. The van der Waals surface area contributed by atoms with Crippen LogP contribution in [0.1, 0.15) is 22.0 Å². The Morgan fingerprint density at radius 2 is 2.15 bits per heavy atom. The van der Waals surface area contributed by atoms with Crippen LogP contribution in [-0.2, 0) is 0 Å². The van der Waals surface area contributed by atoms with E-state index in [9.17, 15) is 13.6 Å². The lowest BCUT2D eigenvalue weighted by Crippen LogP contribution is -2.39. The van der Waals surface area contributed by atoms with E-state index in [1.165, 1.54) is 4.52 Å². The average molecular weight is 285 g/mol. The van der Waals surface area contributed by atoms with Gasteiger partial charge in [-0.25, -0.2) is 18.3 Å². The van der Waals surface area contributed by atoms with Crippen molar-refractivity contribution in [2.45, 2.75) is 19.8 Å². The van der Waals surface area contributed by atoms with Crippen LogP contribution in [-0.4, -0.2) is 49.7 Å². The van der Waals surface area contributed by atoms with Gasteiger partial charge in [-0.15, -0.1) is 5.10 Å². The van der Waals surface area contributed by atoms with E-state index in [1.54, 1.807) is 19.9 Å². The smallest absolute Gasteiger partial charge is 0.291 e. The molecule has 9 heteroatoms. The number of nitrogens with zero attached hydrogens (tertiary/aromatic N) is 4. The maximum absolute atomic E-state index is 12.8. The van der Waals surface area contributed by atoms with Crippen molar-refractivity contribution in [2.24, 2.45) is 0 Å². The molecule has 0 unspecified atom stereocenters. The highest BCUT2D eigenvalue weighted by Crippen LogP contribution is 2.10. The van der Waals surface area contributed by atoms with Gasteiger partial charge in [-0.1, -0.05) is 0 Å². The van der Waals surface area contributed by atoms with Crippen LogP contribution in [0.4, 0.5) is 8.78 Å². The van der Waals surface area contributed by atoms with Gasteiger partial charge in [-0.2, -0.15) is 4.98 Å². The number of aryl methyl sites for hydroxylation is 2. The second-order valence-corrected chi connectivity index (χ2v) is 4.38. The highest BCUT2D eigenvalue weighted by Gasteiger charge is 2.29. The number of carbonyl (C=O) groups is 1. The molecule has 0 fully saturated rings. The maximum atomic E-state index is 12.8. The van der Waals surface area contributed by atoms with Crippen molar-refractivity contribution in [3.8, 4) is 0 Å². The molecule has 0 aromatic carbocycles. The molecule has 2 heterocycles. The topological polar surface area (TPSA) is 92.4 Å². The van der Waals surface area contributed by atoms with Gasteiger partial charge in [0.15, 0.2) is 0 Å². The van der Waals surface area contributed by atoms with Gasteiger partial charge in [-0.3, -0.25) is 4.79 Å². The predicted octanol–water partition coefficient (Wildman–Crippen LogP) is 0.0985. The molecule has 0 atom stereocenters. The molecule has 0 aliphatic carbocycles. The van der Waals surface area contributed by atoms with Crippen LogP contribution in [0.15, 0.2) is 6.07 Å². The van der Waals surface area contributed by atoms with Crippen LogP contribution in [0.2, 0.25) is 0 Å². The van der Waals surface area contributed by atoms with Crippen LogP contribution in [0.5, 0.6) is 0 Å². The summed E-state index contributed by atoms with van der Waals surface area (Å²) in [5, 5.41) is 14.3. The van der Waals surface area contributed by atoms with Gasteiger partial charge in [-0.05, 0) is 19.9 Å². The van der Waals surface area contributed by atoms with Gasteiger partial charge in [0.1, 0.15) is 6.61 Å². The lowest BCUT2D eigenvalue weighted by molar-refractivity contribution is -0.0462. The lowest BCUT2D eigenvalue weighted by atomic mass is 10.3. The Hall–Kier alpha value is -2.16. The monoisotopic (exact) mass is 285 g/mol. The SMILES string of the molecule is Cc1cc(C)n2nc(C(=O)NCC(F)(F)CO)nc2n1. The van der Waals surface area contributed by atoms with Crippen molar-refractivity contribution >= 4 is 11.7 Å². The average Bonchev–Trinajstić information content (AvgIpc) is 2.80.